The summed E-state index contributed by atoms with van der Waals surface area (Å²) in [4.78, 5) is 32.0. The lowest BCUT2D eigenvalue weighted by Gasteiger charge is -2.20. The third-order valence-electron chi connectivity index (χ3n) is 2.67. The number of carbonyl (C=O) groups excluding carboxylic acids is 1. The van der Waals surface area contributed by atoms with Crippen LogP contribution >= 0.6 is 0 Å². The van der Waals surface area contributed by atoms with Crippen LogP contribution < -0.4 is 10.2 Å². The Morgan fingerprint density at radius 3 is 2.38 bits per heavy atom. The van der Waals surface area contributed by atoms with Gasteiger partial charge in [-0.1, -0.05) is 17.7 Å². The predicted octanol–water partition coefficient (Wildman–Crippen LogP) is 1.91. The number of carboxylic acid groups (broad SMARTS) is 1. The molecule has 7 nitrogen and oxygen atoms in total. The van der Waals surface area contributed by atoms with Crippen molar-refractivity contribution < 1.29 is 14.7 Å². The summed E-state index contributed by atoms with van der Waals surface area (Å²) in [7, 11) is 0. The molecule has 2 aromatic rings. The van der Waals surface area contributed by atoms with Crippen LogP contribution in [0.15, 0.2) is 42.7 Å². The number of carbonyl (C=O) groups is 2. The number of nitrogens with one attached hydrogen (secondary N) is 1. The van der Waals surface area contributed by atoms with E-state index in [1.54, 1.807) is 30.3 Å². The van der Waals surface area contributed by atoms with Crippen molar-refractivity contribution in [1.82, 2.24) is 9.97 Å². The third kappa shape index (κ3) is 4.00. The van der Waals surface area contributed by atoms with Gasteiger partial charge in [0.05, 0.1) is 0 Å². The Kier molecular flexibility index (Phi) is 4.45. The molecule has 0 aliphatic rings. The summed E-state index contributed by atoms with van der Waals surface area (Å²) >= 11 is 0. The first-order valence-electron chi connectivity index (χ1n) is 6.20. The van der Waals surface area contributed by atoms with Gasteiger partial charge in [-0.25, -0.2) is 14.8 Å². The fourth-order valence-corrected chi connectivity index (χ4v) is 1.67. The maximum Gasteiger partial charge on any atom is 0.329 e. The largest absolute Gasteiger partial charge is 0.480 e. The van der Waals surface area contributed by atoms with Gasteiger partial charge in [0.1, 0.15) is 6.54 Å². The van der Waals surface area contributed by atoms with Crippen LogP contribution in [0.2, 0.25) is 0 Å². The molecule has 1 heterocycles. The van der Waals surface area contributed by atoms with E-state index in [1.807, 2.05) is 6.92 Å². The second kappa shape index (κ2) is 6.47. The Morgan fingerprint density at radius 2 is 1.81 bits per heavy atom. The SMILES string of the molecule is Cc1ccc(N(CC(=O)O)C(=O)Nc2ncccn2)cc1. The van der Waals surface area contributed by atoms with Gasteiger partial charge in [-0.05, 0) is 25.1 Å². The van der Waals surface area contributed by atoms with Crippen LogP contribution in [0.1, 0.15) is 5.56 Å². The zero-order valence-electron chi connectivity index (χ0n) is 11.4. The van der Waals surface area contributed by atoms with Crippen LogP contribution in [0.4, 0.5) is 16.4 Å². The summed E-state index contributed by atoms with van der Waals surface area (Å²) in [5, 5.41) is 11.4. The maximum atomic E-state index is 12.2. The molecule has 0 bridgehead atoms. The highest BCUT2D eigenvalue weighted by molar-refractivity contribution is 6.03. The normalized spacial score (nSPS) is 9.95. The predicted molar refractivity (Wildman–Crippen MR) is 77.2 cm³/mol. The van der Waals surface area contributed by atoms with Gasteiger partial charge in [-0.3, -0.25) is 15.0 Å². The average Bonchev–Trinajstić information content (AvgIpc) is 2.46. The molecule has 7 heteroatoms. The Bertz CT molecular complexity index is 628. The topological polar surface area (TPSA) is 95.4 Å². The Hall–Kier alpha value is -2.96. The third-order valence-corrected chi connectivity index (χ3v) is 2.67. The first-order chi connectivity index (χ1) is 10.1. The van der Waals surface area contributed by atoms with Crippen LogP contribution in [0, 0.1) is 6.92 Å². The van der Waals surface area contributed by atoms with Crippen LogP contribution in [-0.2, 0) is 4.79 Å². The standard InChI is InChI=1S/C14H14N4O3/c1-10-3-5-11(6-4-10)18(9-12(19)20)14(21)17-13-15-7-2-8-16-13/h2-8H,9H2,1H3,(H,19,20)(H,15,16,17,21). The fraction of sp³-hybridized carbons (Fsp3) is 0.143. The summed E-state index contributed by atoms with van der Waals surface area (Å²) in [6.45, 7) is 1.45. The van der Waals surface area contributed by atoms with Gasteiger partial charge in [0, 0.05) is 18.1 Å². The summed E-state index contributed by atoms with van der Waals surface area (Å²) in [5.74, 6) is -0.996. The molecule has 0 fully saturated rings. The number of nitrogens with zero attached hydrogens (tertiary/aromatic N) is 3. The smallest absolute Gasteiger partial charge is 0.329 e. The Balaban J connectivity index is 2.21. The van der Waals surface area contributed by atoms with Crippen LogP contribution in [0.3, 0.4) is 0 Å². The van der Waals surface area contributed by atoms with E-state index < -0.39 is 18.5 Å². The van der Waals surface area contributed by atoms with Crippen LogP contribution in [0.5, 0.6) is 0 Å². The molecule has 0 aliphatic carbocycles. The molecule has 108 valence electrons. The van der Waals surface area contributed by atoms with Crippen LogP contribution in [0.25, 0.3) is 0 Å². The van der Waals surface area contributed by atoms with Gasteiger partial charge in [0.15, 0.2) is 0 Å². The lowest BCUT2D eigenvalue weighted by molar-refractivity contribution is -0.135. The Labute approximate surface area is 121 Å². The lowest BCUT2D eigenvalue weighted by atomic mass is 10.2. The van der Waals surface area contributed by atoms with E-state index in [0.29, 0.717) is 5.69 Å². The average molecular weight is 286 g/mol. The first kappa shape index (κ1) is 14.4. The number of benzene rings is 1. The molecular weight excluding hydrogens is 272 g/mol. The minimum Gasteiger partial charge on any atom is -0.480 e. The minimum atomic E-state index is -1.11. The molecule has 1 aromatic carbocycles. The van der Waals surface area contributed by atoms with E-state index in [-0.39, 0.29) is 5.95 Å². The molecule has 0 unspecified atom stereocenters. The van der Waals surface area contributed by atoms with Crippen molar-refractivity contribution in [3.05, 3.63) is 48.3 Å². The lowest BCUT2D eigenvalue weighted by Crippen LogP contribution is -2.39. The molecular formula is C14H14N4O3. The van der Waals surface area contributed by atoms with Crippen molar-refractivity contribution >= 4 is 23.6 Å². The fourth-order valence-electron chi connectivity index (χ4n) is 1.67. The van der Waals surface area contributed by atoms with Gasteiger partial charge in [0.2, 0.25) is 5.95 Å². The first-order valence-corrected chi connectivity index (χ1v) is 6.20. The van der Waals surface area contributed by atoms with Gasteiger partial charge in [-0.2, -0.15) is 0 Å². The van der Waals surface area contributed by atoms with Crippen molar-refractivity contribution in [2.75, 3.05) is 16.8 Å². The van der Waals surface area contributed by atoms with E-state index in [9.17, 15) is 9.59 Å². The molecule has 2 amide bonds. The summed E-state index contributed by atoms with van der Waals surface area (Å²) in [6, 6.07) is 7.98. The van der Waals surface area contributed by atoms with Crippen molar-refractivity contribution in [2.24, 2.45) is 0 Å². The van der Waals surface area contributed by atoms with Gasteiger partial charge in [-0.15, -0.1) is 0 Å². The quantitative estimate of drug-likeness (QED) is 0.895. The molecule has 0 saturated carbocycles. The number of aryl methyl sites for hydroxylation is 1. The number of amides is 2. The number of hydrogen-bond donors (Lipinski definition) is 2. The molecule has 0 saturated heterocycles. The van der Waals surface area contributed by atoms with Crippen molar-refractivity contribution in [2.45, 2.75) is 6.92 Å². The van der Waals surface area contributed by atoms with Gasteiger partial charge >= 0.3 is 12.0 Å². The number of urea groups is 1. The van der Waals surface area contributed by atoms with E-state index >= 15 is 0 Å². The molecule has 0 atom stereocenters. The number of anilines is 2. The second-order valence-electron chi connectivity index (χ2n) is 4.32. The highest BCUT2D eigenvalue weighted by Gasteiger charge is 2.19. The van der Waals surface area contributed by atoms with Crippen molar-refractivity contribution in [1.29, 1.82) is 0 Å². The monoisotopic (exact) mass is 286 g/mol. The summed E-state index contributed by atoms with van der Waals surface area (Å²) in [6.07, 6.45) is 2.96. The van der Waals surface area contributed by atoms with E-state index in [4.69, 9.17) is 5.11 Å². The second-order valence-corrected chi connectivity index (χ2v) is 4.32. The highest BCUT2D eigenvalue weighted by atomic mass is 16.4. The molecule has 1 aromatic heterocycles. The van der Waals surface area contributed by atoms with E-state index in [0.717, 1.165) is 10.5 Å². The van der Waals surface area contributed by atoms with E-state index in [1.165, 1.54) is 12.4 Å². The molecule has 0 spiro atoms. The van der Waals surface area contributed by atoms with Crippen molar-refractivity contribution in [3.8, 4) is 0 Å². The number of aromatic nitrogens is 2. The Morgan fingerprint density at radius 1 is 1.19 bits per heavy atom. The number of aliphatic carboxylic acids is 1. The summed E-state index contributed by atoms with van der Waals surface area (Å²) in [5.41, 5.74) is 1.50. The number of rotatable bonds is 4. The molecule has 0 radical (unpaired) electrons. The minimum absolute atomic E-state index is 0.116. The van der Waals surface area contributed by atoms with Gasteiger partial charge < -0.3 is 5.11 Å². The van der Waals surface area contributed by atoms with Crippen molar-refractivity contribution in [3.63, 3.8) is 0 Å². The molecule has 2 rings (SSSR count). The molecule has 2 N–H and O–H groups in total. The molecule has 0 aliphatic heterocycles. The van der Waals surface area contributed by atoms with E-state index in [2.05, 4.69) is 15.3 Å². The molecule has 21 heavy (non-hydrogen) atoms. The zero-order valence-corrected chi connectivity index (χ0v) is 11.4. The zero-order chi connectivity index (χ0) is 15.2. The summed E-state index contributed by atoms with van der Waals surface area (Å²) < 4.78 is 0. The number of carboxylic acids is 1. The van der Waals surface area contributed by atoms with Gasteiger partial charge in [0.25, 0.3) is 0 Å². The van der Waals surface area contributed by atoms with Crippen LogP contribution in [-0.4, -0.2) is 33.6 Å². The highest BCUT2D eigenvalue weighted by Crippen LogP contribution is 2.16. The maximum absolute atomic E-state index is 12.2. The number of hydrogen-bond acceptors (Lipinski definition) is 4.